The Morgan fingerprint density at radius 3 is 2.45 bits per heavy atom. The van der Waals surface area contributed by atoms with Crippen molar-refractivity contribution < 1.29 is 33.4 Å². The van der Waals surface area contributed by atoms with Gasteiger partial charge in [-0.1, -0.05) is 44.9 Å². The number of benzene rings is 3. The number of carbonyl (C=O) groups is 4. The highest BCUT2D eigenvalue weighted by molar-refractivity contribution is 6.07. The molecular weight excluding hydrogens is 765 g/mol. The molecule has 4 amide bonds. The quantitative estimate of drug-likeness (QED) is 0.106. The van der Waals surface area contributed by atoms with Gasteiger partial charge in [-0.05, 0) is 85.9 Å². The molecule has 1 saturated heterocycles. The van der Waals surface area contributed by atoms with Crippen LogP contribution in [0.1, 0.15) is 90.1 Å². The van der Waals surface area contributed by atoms with Gasteiger partial charge in [-0.3, -0.25) is 9.59 Å². The molecule has 6 unspecified atom stereocenters. The fraction of sp³-hybridized carbons (Fsp3) is 0.422. The van der Waals surface area contributed by atoms with Crippen LogP contribution in [0.25, 0.3) is 44.2 Å². The van der Waals surface area contributed by atoms with E-state index in [-0.39, 0.29) is 23.8 Å². The summed E-state index contributed by atoms with van der Waals surface area (Å²) in [6.45, 7) is 12.1. The lowest BCUT2D eigenvalue weighted by Crippen LogP contribution is -2.51. The number of nitrogens with one attached hydrogen (secondary N) is 4. The number of rotatable bonds is 10. The summed E-state index contributed by atoms with van der Waals surface area (Å²) in [5.41, 5.74) is 6.41. The molecule has 6 atom stereocenters. The zero-order chi connectivity index (χ0) is 42.8. The van der Waals surface area contributed by atoms with E-state index in [0.29, 0.717) is 37.6 Å². The van der Waals surface area contributed by atoms with E-state index < -0.39 is 36.4 Å². The highest BCUT2D eigenvalue weighted by Crippen LogP contribution is 2.43. The monoisotopic (exact) mass is 816 g/mol. The zero-order valence-corrected chi connectivity index (χ0v) is 35.3. The first-order valence-corrected chi connectivity index (χ1v) is 20.4. The van der Waals surface area contributed by atoms with Gasteiger partial charge in [-0.15, -0.1) is 5.92 Å². The standard InChI is InChI=1S/C45H52N8O7/c1-9-11-12-31(10-2)53(43(55)26(5)48-45(57)59-8)27(6)40-46-21-36(50-40)29-13-15-32-30(18-29)23-60-38-20-33-28(19-34(32)38)14-16-35-39(33)51-41(49-35)37-17-24(3)22-52(37)42(54)25(4)47-44(56)58-7/h13-16,18-21,24-27,31,37H,9-10,17,22-23H2,1-8H3,(H,46,50)(H,47,56)(H,48,57)(H,49,51). The van der Waals surface area contributed by atoms with E-state index in [9.17, 15) is 19.2 Å². The summed E-state index contributed by atoms with van der Waals surface area (Å²) in [6.07, 6.45) is 2.41. The number of aromatic nitrogens is 4. The Kier molecular flexibility index (Phi) is 12.0. The molecule has 314 valence electrons. The van der Waals surface area contributed by atoms with E-state index in [1.54, 1.807) is 29.8 Å². The lowest BCUT2D eigenvalue weighted by molar-refractivity contribution is -0.137. The van der Waals surface area contributed by atoms with Gasteiger partial charge < -0.3 is 44.6 Å². The first-order chi connectivity index (χ1) is 28.8. The number of aromatic amines is 2. The predicted octanol–water partition coefficient (Wildman–Crippen LogP) is 7.15. The van der Waals surface area contributed by atoms with Gasteiger partial charge in [0, 0.05) is 23.9 Å². The molecule has 0 saturated carbocycles. The molecule has 5 aromatic rings. The second-order valence-corrected chi connectivity index (χ2v) is 15.6. The number of amides is 4. The topological polar surface area (TPSA) is 184 Å². The molecule has 0 radical (unpaired) electrons. The highest BCUT2D eigenvalue weighted by Gasteiger charge is 2.38. The average Bonchev–Trinajstić information content (AvgIpc) is 4.02. The van der Waals surface area contributed by atoms with Crippen LogP contribution < -0.4 is 15.4 Å². The minimum atomic E-state index is -0.840. The molecule has 7 rings (SSSR count). The molecule has 0 aliphatic carbocycles. The lowest BCUT2D eigenvalue weighted by atomic mass is 9.92. The maximum absolute atomic E-state index is 13.8. The van der Waals surface area contributed by atoms with Gasteiger partial charge in [0.1, 0.15) is 36.1 Å². The third-order valence-electron chi connectivity index (χ3n) is 11.4. The Morgan fingerprint density at radius 2 is 1.73 bits per heavy atom. The van der Waals surface area contributed by atoms with E-state index in [4.69, 9.17) is 24.2 Å². The maximum atomic E-state index is 13.8. The number of hydrogen-bond donors (Lipinski definition) is 4. The fourth-order valence-corrected chi connectivity index (χ4v) is 8.28. The second-order valence-electron chi connectivity index (χ2n) is 15.6. The largest absolute Gasteiger partial charge is 0.488 e. The van der Waals surface area contributed by atoms with Gasteiger partial charge in [-0.25, -0.2) is 19.6 Å². The van der Waals surface area contributed by atoms with Crippen LogP contribution in [-0.4, -0.2) is 92.6 Å². The molecule has 60 heavy (non-hydrogen) atoms. The number of alkyl carbamates (subject to hydrolysis) is 2. The van der Waals surface area contributed by atoms with Crippen LogP contribution in [0.15, 0.2) is 48.7 Å². The van der Waals surface area contributed by atoms with Crippen LogP contribution in [0.4, 0.5) is 9.59 Å². The third kappa shape index (κ3) is 8.06. The summed E-state index contributed by atoms with van der Waals surface area (Å²) in [6, 6.07) is 11.8. The molecule has 4 N–H and O–H groups in total. The van der Waals surface area contributed by atoms with Crippen LogP contribution in [0.3, 0.4) is 0 Å². The summed E-state index contributed by atoms with van der Waals surface area (Å²) < 4.78 is 15.8. The van der Waals surface area contributed by atoms with Crippen LogP contribution in [-0.2, 0) is 25.7 Å². The molecule has 1 fully saturated rings. The Labute approximate surface area is 348 Å². The Bertz CT molecular complexity index is 2520. The minimum Gasteiger partial charge on any atom is -0.488 e. The Hall–Kier alpha value is -6.56. The zero-order valence-electron chi connectivity index (χ0n) is 35.3. The molecule has 4 heterocycles. The molecule has 2 aromatic heterocycles. The molecular formula is C45H52N8O7. The number of nitrogens with zero attached hydrogens (tertiary/aromatic N) is 4. The van der Waals surface area contributed by atoms with Gasteiger partial charge in [0.05, 0.1) is 55.3 Å². The third-order valence-corrected chi connectivity index (χ3v) is 11.4. The van der Waals surface area contributed by atoms with Crippen LogP contribution >= 0.6 is 0 Å². The summed E-state index contributed by atoms with van der Waals surface area (Å²) in [7, 11) is 2.53. The molecule has 0 bridgehead atoms. The van der Waals surface area contributed by atoms with E-state index in [1.165, 1.54) is 14.2 Å². The number of fused-ring (bicyclic) bond motifs is 6. The van der Waals surface area contributed by atoms with E-state index >= 15 is 0 Å². The molecule has 2 aliphatic rings. The van der Waals surface area contributed by atoms with Crippen molar-refractivity contribution in [3.63, 3.8) is 0 Å². The van der Waals surface area contributed by atoms with Gasteiger partial charge in [-0.2, -0.15) is 0 Å². The highest BCUT2D eigenvalue weighted by atomic mass is 16.5. The second kappa shape index (κ2) is 17.3. The lowest BCUT2D eigenvalue weighted by Gasteiger charge is -2.34. The number of H-pyrrole nitrogens is 2. The summed E-state index contributed by atoms with van der Waals surface area (Å²) >= 11 is 0. The van der Waals surface area contributed by atoms with Gasteiger partial charge in [0.15, 0.2) is 0 Å². The predicted molar refractivity (Wildman–Crippen MR) is 227 cm³/mol. The maximum Gasteiger partial charge on any atom is 0.407 e. The fourth-order valence-electron chi connectivity index (χ4n) is 8.28. The van der Waals surface area contributed by atoms with Gasteiger partial charge >= 0.3 is 12.2 Å². The normalized spacial score (nSPS) is 17.6. The van der Waals surface area contributed by atoms with Crippen molar-refractivity contribution >= 4 is 45.8 Å². The Balaban J connectivity index is 1.15. The van der Waals surface area contributed by atoms with E-state index in [2.05, 4.69) is 63.6 Å². The van der Waals surface area contributed by atoms with Gasteiger partial charge in [0.2, 0.25) is 11.8 Å². The van der Waals surface area contributed by atoms with Crippen molar-refractivity contribution in [2.24, 2.45) is 5.92 Å². The van der Waals surface area contributed by atoms with Crippen LogP contribution in [0.2, 0.25) is 0 Å². The number of likely N-dealkylation sites (tertiary alicyclic amines) is 1. The summed E-state index contributed by atoms with van der Waals surface area (Å²) in [5.74, 6) is 8.16. The van der Waals surface area contributed by atoms with Crippen molar-refractivity contribution in [2.45, 2.75) is 97.6 Å². The Morgan fingerprint density at radius 1 is 0.983 bits per heavy atom. The van der Waals surface area contributed by atoms with E-state index in [0.717, 1.165) is 61.9 Å². The molecule has 15 heteroatoms. The molecule has 3 aromatic carbocycles. The summed E-state index contributed by atoms with van der Waals surface area (Å²) in [5, 5.41) is 7.12. The van der Waals surface area contributed by atoms with Crippen molar-refractivity contribution in [1.82, 2.24) is 40.4 Å². The first-order valence-electron chi connectivity index (χ1n) is 20.4. The van der Waals surface area contributed by atoms with Crippen molar-refractivity contribution in [2.75, 3.05) is 20.8 Å². The number of imidazole rings is 2. The SMILES string of the molecule is CCC#CC(CC)N(C(=O)C(C)NC(=O)OC)C(C)c1ncc(-c2ccc3c(c2)COc2cc4c(ccc5[nH]c(C6CC(C)CN6C(=O)C(C)NC(=O)OC)nc54)cc2-3)[nH]1. The molecule has 2 aliphatic heterocycles. The van der Waals surface area contributed by atoms with Gasteiger partial charge in [0.25, 0.3) is 0 Å². The van der Waals surface area contributed by atoms with Crippen molar-refractivity contribution in [3.05, 3.63) is 65.9 Å². The minimum absolute atomic E-state index is 0.190. The first kappa shape index (κ1) is 41.6. The number of ether oxygens (including phenoxy) is 3. The smallest absolute Gasteiger partial charge is 0.407 e. The number of carbonyl (C=O) groups excluding carboxylic acids is 4. The summed E-state index contributed by atoms with van der Waals surface area (Å²) in [4.78, 5) is 71.3. The average molecular weight is 817 g/mol. The molecule has 0 spiro atoms. The molecule has 15 nitrogen and oxygen atoms in total. The number of methoxy groups -OCH3 is 2. The van der Waals surface area contributed by atoms with E-state index in [1.807, 2.05) is 39.0 Å². The van der Waals surface area contributed by atoms with Crippen molar-refractivity contribution in [3.8, 4) is 40.0 Å². The van der Waals surface area contributed by atoms with Crippen LogP contribution in [0.5, 0.6) is 5.75 Å². The number of hydrogen-bond acceptors (Lipinski definition) is 9. The van der Waals surface area contributed by atoms with Crippen LogP contribution in [0, 0.1) is 17.8 Å². The van der Waals surface area contributed by atoms with Crippen molar-refractivity contribution in [1.29, 1.82) is 0 Å².